The molecular formula is C18H25NO2. The molecule has 114 valence electrons. The van der Waals surface area contributed by atoms with Crippen molar-refractivity contribution in [1.29, 1.82) is 0 Å². The molecule has 1 fully saturated rings. The number of nitrogens with one attached hydrogen (secondary N) is 1. The lowest BCUT2D eigenvalue weighted by atomic mass is 9.94. The van der Waals surface area contributed by atoms with Crippen LogP contribution in [0.1, 0.15) is 61.7 Å². The fourth-order valence-corrected chi connectivity index (χ4v) is 4.01. The van der Waals surface area contributed by atoms with E-state index in [1.54, 1.807) is 0 Å². The Balaban J connectivity index is 1.93. The second-order valence-corrected chi connectivity index (χ2v) is 7.64. The number of hydrogen-bond donors (Lipinski definition) is 2. The largest absolute Gasteiger partial charge is 0.388 e. The molecule has 3 nitrogen and oxygen atoms in total. The van der Waals surface area contributed by atoms with Crippen molar-refractivity contribution >= 4 is 5.91 Å². The van der Waals surface area contributed by atoms with Gasteiger partial charge in [-0.05, 0) is 40.9 Å². The van der Waals surface area contributed by atoms with Crippen LogP contribution in [0.2, 0.25) is 0 Å². The molecule has 0 bridgehead atoms. The Hall–Kier alpha value is -1.35. The highest BCUT2D eigenvalue weighted by molar-refractivity contribution is 5.96. The van der Waals surface area contributed by atoms with Crippen molar-refractivity contribution in [2.75, 3.05) is 6.54 Å². The lowest BCUT2D eigenvalue weighted by molar-refractivity contribution is 0.0955. The molecule has 1 aromatic rings. The summed E-state index contributed by atoms with van der Waals surface area (Å²) in [6.07, 6.45) is 1.39. The quantitative estimate of drug-likeness (QED) is 0.878. The van der Waals surface area contributed by atoms with Gasteiger partial charge in [0.2, 0.25) is 0 Å². The molecule has 1 aliphatic carbocycles. The molecule has 1 amide bonds. The van der Waals surface area contributed by atoms with Crippen molar-refractivity contribution < 1.29 is 9.90 Å². The minimum absolute atomic E-state index is 0.00846. The molecule has 0 saturated heterocycles. The lowest BCUT2D eigenvalue weighted by Crippen LogP contribution is -2.23. The van der Waals surface area contributed by atoms with Crippen molar-refractivity contribution in [2.24, 2.45) is 16.7 Å². The average molecular weight is 287 g/mol. The van der Waals surface area contributed by atoms with Crippen LogP contribution in [0, 0.1) is 16.7 Å². The summed E-state index contributed by atoms with van der Waals surface area (Å²) >= 11 is 0. The SMILES string of the molecule is CC1(C)C(C(O)c2ccc3c(c2)C(=O)NCCC3)C1(C)C. The Bertz CT molecular complexity index is 575. The highest BCUT2D eigenvalue weighted by Gasteiger charge is 2.67. The minimum atomic E-state index is -0.503. The van der Waals surface area contributed by atoms with Crippen LogP contribution in [0.5, 0.6) is 0 Å². The fourth-order valence-electron chi connectivity index (χ4n) is 4.01. The summed E-state index contributed by atoms with van der Waals surface area (Å²) in [6, 6.07) is 5.90. The zero-order valence-electron chi connectivity index (χ0n) is 13.4. The van der Waals surface area contributed by atoms with E-state index in [4.69, 9.17) is 0 Å². The maximum atomic E-state index is 12.1. The van der Waals surface area contributed by atoms with E-state index in [1.807, 2.05) is 18.2 Å². The first-order chi connectivity index (χ1) is 9.76. The molecule has 1 aliphatic heterocycles. The summed E-state index contributed by atoms with van der Waals surface area (Å²) in [4.78, 5) is 12.1. The van der Waals surface area contributed by atoms with Crippen molar-refractivity contribution in [3.63, 3.8) is 0 Å². The predicted octanol–water partition coefficient (Wildman–Crippen LogP) is 3.08. The van der Waals surface area contributed by atoms with E-state index >= 15 is 0 Å². The second kappa shape index (κ2) is 4.57. The summed E-state index contributed by atoms with van der Waals surface area (Å²) in [5.41, 5.74) is 2.95. The van der Waals surface area contributed by atoms with Crippen molar-refractivity contribution in [3.05, 3.63) is 34.9 Å². The minimum Gasteiger partial charge on any atom is -0.388 e. The van der Waals surface area contributed by atoms with Gasteiger partial charge in [-0.2, -0.15) is 0 Å². The Morgan fingerprint density at radius 1 is 1.24 bits per heavy atom. The van der Waals surface area contributed by atoms with Crippen LogP contribution >= 0.6 is 0 Å². The summed E-state index contributed by atoms with van der Waals surface area (Å²) in [5.74, 6) is 0.225. The second-order valence-electron chi connectivity index (χ2n) is 7.64. The molecule has 0 radical (unpaired) electrons. The number of rotatable bonds is 2. The van der Waals surface area contributed by atoms with E-state index in [1.165, 1.54) is 0 Å². The van der Waals surface area contributed by atoms with Gasteiger partial charge in [-0.25, -0.2) is 0 Å². The highest BCUT2D eigenvalue weighted by Crippen LogP contribution is 2.72. The van der Waals surface area contributed by atoms with Crippen LogP contribution in [0.25, 0.3) is 0 Å². The van der Waals surface area contributed by atoms with Crippen LogP contribution in [0.4, 0.5) is 0 Å². The number of hydrogen-bond acceptors (Lipinski definition) is 2. The molecule has 1 aromatic carbocycles. The first-order valence-electron chi connectivity index (χ1n) is 7.86. The van der Waals surface area contributed by atoms with Gasteiger partial charge in [-0.3, -0.25) is 4.79 Å². The Labute approximate surface area is 126 Å². The number of carbonyl (C=O) groups excluding carboxylic acids is 1. The van der Waals surface area contributed by atoms with E-state index < -0.39 is 6.10 Å². The molecule has 1 unspecified atom stereocenters. The number of aryl methyl sites for hydroxylation is 1. The third-order valence-corrected chi connectivity index (χ3v) is 6.08. The molecule has 1 saturated carbocycles. The van der Waals surface area contributed by atoms with Gasteiger partial charge < -0.3 is 10.4 Å². The molecule has 2 aliphatic rings. The van der Waals surface area contributed by atoms with E-state index in [0.29, 0.717) is 0 Å². The molecule has 0 aromatic heterocycles. The number of carbonyl (C=O) groups is 1. The number of fused-ring (bicyclic) bond motifs is 1. The van der Waals surface area contributed by atoms with E-state index in [9.17, 15) is 9.90 Å². The Morgan fingerprint density at radius 2 is 1.90 bits per heavy atom. The summed E-state index contributed by atoms with van der Waals surface area (Å²) in [5, 5.41) is 13.7. The molecule has 21 heavy (non-hydrogen) atoms. The molecule has 1 atom stereocenters. The van der Waals surface area contributed by atoms with Gasteiger partial charge in [0.1, 0.15) is 0 Å². The van der Waals surface area contributed by atoms with Gasteiger partial charge in [0, 0.05) is 18.0 Å². The Kier molecular flexibility index (Phi) is 3.17. The first-order valence-corrected chi connectivity index (χ1v) is 7.86. The van der Waals surface area contributed by atoms with Crippen LogP contribution in [-0.4, -0.2) is 17.6 Å². The monoisotopic (exact) mass is 287 g/mol. The smallest absolute Gasteiger partial charge is 0.251 e. The summed E-state index contributed by atoms with van der Waals surface area (Å²) < 4.78 is 0. The van der Waals surface area contributed by atoms with Crippen molar-refractivity contribution in [1.82, 2.24) is 5.32 Å². The number of aliphatic hydroxyl groups excluding tert-OH is 1. The van der Waals surface area contributed by atoms with E-state index in [2.05, 4.69) is 33.0 Å². The Morgan fingerprint density at radius 3 is 2.52 bits per heavy atom. The summed E-state index contributed by atoms with van der Waals surface area (Å²) in [7, 11) is 0. The molecule has 1 heterocycles. The summed E-state index contributed by atoms with van der Waals surface area (Å²) in [6.45, 7) is 9.55. The molecule has 2 N–H and O–H groups in total. The standard InChI is InChI=1S/C18H25NO2/c1-17(2)15(18(17,3)4)14(20)12-8-7-11-6-5-9-19-16(21)13(11)10-12/h7-8,10,14-15,20H,5-6,9H2,1-4H3,(H,19,21). The van der Waals surface area contributed by atoms with Gasteiger partial charge in [-0.1, -0.05) is 39.8 Å². The van der Waals surface area contributed by atoms with Crippen LogP contribution < -0.4 is 5.32 Å². The first kappa shape index (κ1) is 14.6. The highest BCUT2D eigenvalue weighted by atomic mass is 16.3. The van der Waals surface area contributed by atoms with Gasteiger partial charge in [0.15, 0.2) is 0 Å². The maximum Gasteiger partial charge on any atom is 0.251 e. The number of aliphatic hydroxyl groups is 1. The van der Waals surface area contributed by atoms with Gasteiger partial charge in [-0.15, -0.1) is 0 Å². The van der Waals surface area contributed by atoms with E-state index in [-0.39, 0.29) is 22.7 Å². The van der Waals surface area contributed by atoms with Crippen LogP contribution in [-0.2, 0) is 6.42 Å². The number of amides is 1. The zero-order valence-corrected chi connectivity index (χ0v) is 13.4. The van der Waals surface area contributed by atoms with Gasteiger partial charge >= 0.3 is 0 Å². The van der Waals surface area contributed by atoms with Crippen LogP contribution in [0.3, 0.4) is 0 Å². The topological polar surface area (TPSA) is 49.3 Å². The number of benzene rings is 1. The normalized spacial score (nSPS) is 24.7. The molecular weight excluding hydrogens is 262 g/mol. The maximum absolute atomic E-state index is 12.1. The van der Waals surface area contributed by atoms with Gasteiger partial charge in [0.05, 0.1) is 6.10 Å². The van der Waals surface area contributed by atoms with E-state index in [0.717, 1.165) is 36.1 Å². The molecule has 0 spiro atoms. The predicted molar refractivity (Wildman–Crippen MR) is 83.1 cm³/mol. The molecule has 3 rings (SSSR count). The van der Waals surface area contributed by atoms with Gasteiger partial charge in [0.25, 0.3) is 5.91 Å². The zero-order chi connectivity index (χ0) is 15.4. The van der Waals surface area contributed by atoms with Crippen molar-refractivity contribution in [2.45, 2.75) is 46.6 Å². The third-order valence-electron chi connectivity index (χ3n) is 6.08. The van der Waals surface area contributed by atoms with Crippen LogP contribution in [0.15, 0.2) is 18.2 Å². The lowest BCUT2D eigenvalue weighted by Gasteiger charge is -2.15. The van der Waals surface area contributed by atoms with Crippen molar-refractivity contribution in [3.8, 4) is 0 Å². The third kappa shape index (κ3) is 2.10. The molecule has 3 heteroatoms. The average Bonchev–Trinajstić information content (AvgIpc) is 2.91. The fraction of sp³-hybridized carbons (Fsp3) is 0.611.